The maximum absolute atomic E-state index is 13.6. The second-order valence-electron chi connectivity index (χ2n) is 6.97. The van der Waals surface area contributed by atoms with Crippen molar-refractivity contribution < 1.29 is 13.6 Å². The summed E-state index contributed by atoms with van der Waals surface area (Å²) in [5, 5.41) is 17.7. The van der Waals surface area contributed by atoms with Gasteiger partial charge in [0.25, 0.3) is 0 Å². The number of halogens is 1. The summed E-state index contributed by atoms with van der Waals surface area (Å²) in [6.07, 6.45) is 5.20. The summed E-state index contributed by atoms with van der Waals surface area (Å²) in [4.78, 5) is 14.5. The van der Waals surface area contributed by atoms with E-state index in [0.717, 1.165) is 31.7 Å². The number of urea groups is 1. The Morgan fingerprint density at radius 1 is 1.17 bits per heavy atom. The quantitative estimate of drug-likeness (QED) is 0.593. The minimum Gasteiger partial charge on any atom is -0.468 e. The minimum absolute atomic E-state index is 0.0136. The molecule has 1 fully saturated rings. The first-order chi connectivity index (χ1) is 14.2. The largest absolute Gasteiger partial charge is 0.468 e. The second-order valence-corrected chi connectivity index (χ2v) is 6.97. The fourth-order valence-corrected chi connectivity index (χ4v) is 3.53. The molecule has 2 heterocycles. The summed E-state index contributed by atoms with van der Waals surface area (Å²) in [5.41, 5.74) is 0.387. The molecule has 1 atom stereocenters. The van der Waals surface area contributed by atoms with E-state index >= 15 is 0 Å². The first-order valence-corrected chi connectivity index (χ1v) is 9.90. The van der Waals surface area contributed by atoms with Gasteiger partial charge in [0.15, 0.2) is 0 Å². The third-order valence-corrected chi connectivity index (χ3v) is 5.01. The lowest BCUT2D eigenvalue weighted by molar-refractivity contribution is 0.143. The second kappa shape index (κ2) is 10.5. The van der Waals surface area contributed by atoms with E-state index in [2.05, 4.69) is 20.9 Å². The van der Waals surface area contributed by atoms with Gasteiger partial charge in [-0.15, -0.1) is 0 Å². The number of nitrogens with one attached hydrogen (secondary N) is 3. The summed E-state index contributed by atoms with van der Waals surface area (Å²) in [6.45, 7) is 3.15. The highest BCUT2D eigenvalue weighted by atomic mass is 19.1. The van der Waals surface area contributed by atoms with Gasteiger partial charge in [-0.25, -0.2) is 9.18 Å². The Morgan fingerprint density at radius 2 is 2.00 bits per heavy atom. The number of piperidine rings is 1. The molecular weight excluding hydrogens is 373 g/mol. The van der Waals surface area contributed by atoms with Gasteiger partial charge in [-0.3, -0.25) is 4.90 Å². The molecule has 1 aliphatic heterocycles. The maximum atomic E-state index is 13.6. The predicted octanol–water partition coefficient (Wildman–Crippen LogP) is 3.23. The van der Waals surface area contributed by atoms with Gasteiger partial charge < -0.3 is 20.4 Å². The molecule has 0 bridgehead atoms. The van der Waals surface area contributed by atoms with Crippen LogP contribution < -0.4 is 16.0 Å². The van der Waals surface area contributed by atoms with Crippen molar-refractivity contribution in [3.63, 3.8) is 0 Å². The summed E-state index contributed by atoms with van der Waals surface area (Å²) < 4.78 is 19.2. The van der Waals surface area contributed by atoms with Crippen molar-refractivity contribution >= 4 is 11.7 Å². The molecule has 3 rings (SSSR count). The highest BCUT2D eigenvalue weighted by Gasteiger charge is 2.24. The molecule has 0 saturated carbocycles. The number of carbonyl (C=O) groups is 1. The van der Waals surface area contributed by atoms with E-state index in [4.69, 9.17) is 9.68 Å². The Morgan fingerprint density at radius 3 is 2.72 bits per heavy atom. The van der Waals surface area contributed by atoms with E-state index in [1.807, 2.05) is 18.2 Å². The zero-order chi connectivity index (χ0) is 20.5. The summed E-state index contributed by atoms with van der Waals surface area (Å²) in [7, 11) is 0. The molecule has 1 aromatic heterocycles. The van der Waals surface area contributed by atoms with Crippen LogP contribution in [-0.2, 0) is 0 Å². The molecule has 0 radical (unpaired) electrons. The first kappa shape index (κ1) is 20.7. The number of anilines is 1. The van der Waals surface area contributed by atoms with Gasteiger partial charge in [0.2, 0.25) is 0 Å². The molecule has 1 aliphatic rings. The van der Waals surface area contributed by atoms with Crippen LogP contribution >= 0.6 is 0 Å². The average Bonchev–Trinajstić information content (AvgIpc) is 3.27. The van der Waals surface area contributed by atoms with Gasteiger partial charge in [0, 0.05) is 19.6 Å². The van der Waals surface area contributed by atoms with Crippen molar-refractivity contribution in [3.05, 3.63) is 53.7 Å². The number of nitriles is 1. The van der Waals surface area contributed by atoms with Crippen LogP contribution in [0.15, 0.2) is 41.0 Å². The number of benzene rings is 1. The van der Waals surface area contributed by atoms with Crippen LogP contribution in [0.1, 0.15) is 36.6 Å². The van der Waals surface area contributed by atoms with Crippen LogP contribution in [-0.4, -0.2) is 43.7 Å². The Hall–Kier alpha value is -3.05. The molecule has 0 aliphatic carbocycles. The van der Waals surface area contributed by atoms with Gasteiger partial charge >= 0.3 is 6.03 Å². The smallest absolute Gasteiger partial charge is 0.314 e. The summed E-state index contributed by atoms with van der Waals surface area (Å²) >= 11 is 0. The molecule has 7 nitrogen and oxygen atoms in total. The van der Waals surface area contributed by atoms with Crippen molar-refractivity contribution in [3.8, 4) is 6.07 Å². The van der Waals surface area contributed by atoms with Crippen molar-refractivity contribution in [2.75, 3.05) is 38.0 Å². The highest BCUT2D eigenvalue weighted by molar-refractivity contribution is 5.73. The molecule has 2 amide bonds. The van der Waals surface area contributed by atoms with Crippen LogP contribution in [0, 0.1) is 17.1 Å². The van der Waals surface area contributed by atoms with E-state index in [1.165, 1.54) is 18.6 Å². The predicted molar refractivity (Wildman–Crippen MR) is 108 cm³/mol. The lowest BCUT2D eigenvalue weighted by atomic mass is 10.1. The number of nitrogens with zero attached hydrogens (tertiary/aromatic N) is 2. The Labute approximate surface area is 169 Å². The average molecular weight is 399 g/mol. The fourth-order valence-electron chi connectivity index (χ4n) is 3.53. The topological polar surface area (TPSA) is 93.3 Å². The van der Waals surface area contributed by atoms with Crippen LogP contribution in [0.25, 0.3) is 0 Å². The van der Waals surface area contributed by atoms with Crippen molar-refractivity contribution in [2.45, 2.75) is 25.3 Å². The molecule has 154 valence electrons. The molecule has 1 aromatic carbocycles. The Kier molecular flexibility index (Phi) is 7.47. The Bertz CT molecular complexity index is 828. The van der Waals surface area contributed by atoms with Crippen molar-refractivity contribution in [2.24, 2.45) is 0 Å². The standard InChI is InChI=1S/C21H26FN5O2/c22-17-6-4-7-18(16(17)14-23)24-9-10-25-21(28)26-15-19(20-8-5-13-29-20)27-11-2-1-3-12-27/h4-8,13,19,24H,1-3,9-12,15H2,(H2,25,26,28). The number of rotatable bonds is 8. The molecule has 2 aromatic rings. The zero-order valence-corrected chi connectivity index (χ0v) is 16.3. The summed E-state index contributed by atoms with van der Waals surface area (Å²) in [5.74, 6) is 0.286. The van der Waals surface area contributed by atoms with Gasteiger partial charge in [0.05, 0.1) is 18.0 Å². The number of hydrogen-bond acceptors (Lipinski definition) is 5. The molecular formula is C21H26FN5O2. The molecule has 0 spiro atoms. The van der Waals surface area contributed by atoms with Gasteiger partial charge in [-0.1, -0.05) is 12.5 Å². The number of hydrogen-bond donors (Lipinski definition) is 3. The van der Waals surface area contributed by atoms with Crippen LogP contribution in [0.4, 0.5) is 14.9 Å². The molecule has 3 N–H and O–H groups in total. The number of carbonyl (C=O) groups excluding carboxylic acids is 1. The van der Waals surface area contributed by atoms with Crippen LogP contribution in [0.5, 0.6) is 0 Å². The van der Waals surface area contributed by atoms with Gasteiger partial charge in [-0.2, -0.15) is 5.26 Å². The molecule has 1 unspecified atom stereocenters. The molecule has 8 heteroatoms. The van der Waals surface area contributed by atoms with E-state index in [-0.39, 0.29) is 17.6 Å². The Balaban J connectivity index is 1.44. The number of amides is 2. The normalized spacial score (nSPS) is 15.3. The SMILES string of the molecule is N#Cc1c(F)cccc1NCCNC(=O)NCC(c1ccco1)N1CCCCC1. The van der Waals surface area contributed by atoms with Crippen LogP contribution in [0.2, 0.25) is 0 Å². The lowest BCUT2D eigenvalue weighted by Crippen LogP contribution is -2.44. The van der Waals surface area contributed by atoms with Gasteiger partial charge in [-0.05, 0) is 50.2 Å². The summed E-state index contributed by atoms with van der Waals surface area (Å²) in [6, 6.07) is 9.79. The van der Waals surface area contributed by atoms with E-state index in [9.17, 15) is 9.18 Å². The molecule has 29 heavy (non-hydrogen) atoms. The van der Waals surface area contributed by atoms with E-state index < -0.39 is 5.82 Å². The first-order valence-electron chi connectivity index (χ1n) is 9.90. The van der Waals surface area contributed by atoms with E-state index in [1.54, 1.807) is 12.3 Å². The van der Waals surface area contributed by atoms with E-state index in [0.29, 0.717) is 25.3 Å². The third-order valence-electron chi connectivity index (χ3n) is 5.01. The molecule has 1 saturated heterocycles. The maximum Gasteiger partial charge on any atom is 0.314 e. The number of furan rings is 1. The van der Waals surface area contributed by atoms with Gasteiger partial charge in [0.1, 0.15) is 23.2 Å². The van der Waals surface area contributed by atoms with Crippen LogP contribution in [0.3, 0.4) is 0 Å². The monoisotopic (exact) mass is 399 g/mol. The fraction of sp³-hybridized carbons (Fsp3) is 0.429. The third kappa shape index (κ3) is 5.72. The zero-order valence-electron chi connectivity index (χ0n) is 16.3. The number of likely N-dealkylation sites (tertiary alicyclic amines) is 1. The highest BCUT2D eigenvalue weighted by Crippen LogP contribution is 2.24. The minimum atomic E-state index is -0.565. The van der Waals surface area contributed by atoms with Crippen molar-refractivity contribution in [1.82, 2.24) is 15.5 Å². The lowest BCUT2D eigenvalue weighted by Gasteiger charge is -2.33. The van der Waals surface area contributed by atoms with Crippen molar-refractivity contribution in [1.29, 1.82) is 5.26 Å².